The summed E-state index contributed by atoms with van der Waals surface area (Å²) in [7, 11) is 0. The molecule has 15 heavy (non-hydrogen) atoms. The van der Waals surface area contributed by atoms with Gasteiger partial charge >= 0.3 is 6.18 Å². The van der Waals surface area contributed by atoms with Crippen LogP contribution in [0, 0.1) is 13.8 Å². The molecule has 0 heterocycles. The van der Waals surface area contributed by atoms with Crippen LogP contribution in [0.15, 0.2) is 18.2 Å². The summed E-state index contributed by atoms with van der Waals surface area (Å²) in [6, 6.07) is 3.60. The number of carbonyl (C=O) groups is 1. The summed E-state index contributed by atoms with van der Waals surface area (Å²) in [5.74, 6) is -0.641. The zero-order valence-corrected chi connectivity index (χ0v) is 7.98. The minimum absolute atomic E-state index is 0.0120. The van der Waals surface area contributed by atoms with Crippen LogP contribution in [-0.4, -0.2) is 5.91 Å². The zero-order valence-electron chi connectivity index (χ0n) is 7.98. The Morgan fingerprint density at radius 1 is 1.40 bits per heavy atom. The Morgan fingerprint density at radius 2 is 2.00 bits per heavy atom. The largest absolute Gasteiger partial charge is 0.416 e. The molecule has 0 aliphatic carbocycles. The second-order valence-electron chi connectivity index (χ2n) is 3.02. The Kier molecular flexibility index (Phi) is 3.02. The van der Waals surface area contributed by atoms with Crippen LogP contribution in [-0.2, 0) is 11.0 Å². The van der Waals surface area contributed by atoms with Gasteiger partial charge in [-0.25, -0.2) is 0 Å². The van der Waals surface area contributed by atoms with Crippen LogP contribution in [0.5, 0.6) is 0 Å². The molecular formula is C10H9F3NO. The van der Waals surface area contributed by atoms with E-state index in [-0.39, 0.29) is 11.3 Å². The first-order valence-electron chi connectivity index (χ1n) is 4.12. The van der Waals surface area contributed by atoms with E-state index in [0.29, 0.717) is 0 Å². The van der Waals surface area contributed by atoms with Gasteiger partial charge in [0.05, 0.1) is 5.56 Å². The van der Waals surface area contributed by atoms with Crippen molar-refractivity contribution >= 4 is 11.6 Å². The summed E-state index contributed by atoms with van der Waals surface area (Å²) in [4.78, 5) is 10.6. The van der Waals surface area contributed by atoms with Crippen LogP contribution >= 0.6 is 0 Å². The maximum atomic E-state index is 12.4. The maximum Gasteiger partial charge on any atom is 0.416 e. The lowest BCUT2D eigenvalue weighted by Gasteiger charge is -2.13. The average Bonchev–Trinajstić information content (AvgIpc) is 2.05. The number of halogens is 3. The number of hydrogen-bond donors (Lipinski definition) is 1. The van der Waals surface area contributed by atoms with E-state index in [9.17, 15) is 18.0 Å². The van der Waals surface area contributed by atoms with Crippen LogP contribution in [0.3, 0.4) is 0 Å². The molecule has 0 aliphatic heterocycles. The van der Waals surface area contributed by atoms with E-state index >= 15 is 0 Å². The number of carbonyl (C=O) groups excluding carboxylic acids is 1. The van der Waals surface area contributed by atoms with Crippen molar-refractivity contribution in [1.29, 1.82) is 0 Å². The molecule has 1 amide bonds. The highest BCUT2D eigenvalue weighted by atomic mass is 19.4. The van der Waals surface area contributed by atoms with Gasteiger partial charge in [0.2, 0.25) is 5.91 Å². The molecule has 1 aromatic rings. The molecule has 0 aromatic heterocycles. The molecule has 0 atom stereocenters. The van der Waals surface area contributed by atoms with Crippen LogP contribution in [0.2, 0.25) is 0 Å². The van der Waals surface area contributed by atoms with Crippen LogP contribution < -0.4 is 5.32 Å². The van der Waals surface area contributed by atoms with Gasteiger partial charge in [-0.05, 0) is 24.6 Å². The SMILES string of the molecule is [CH2]C(=O)Nc1cccc(C(F)(F)F)c1C. The predicted molar refractivity (Wildman–Crippen MR) is 50.2 cm³/mol. The van der Waals surface area contributed by atoms with E-state index in [4.69, 9.17) is 0 Å². The molecule has 0 bridgehead atoms. The summed E-state index contributed by atoms with van der Waals surface area (Å²) in [6.45, 7) is 4.34. The third-order valence-electron chi connectivity index (χ3n) is 1.91. The van der Waals surface area contributed by atoms with Gasteiger partial charge in [0.1, 0.15) is 0 Å². The number of nitrogens with one attached hydrogen (secondary N) is 1. The molecule has 0 saturated heterocycles. The highest BCUT2D eigenvalue weighted by molar-refractivity contribution is 5.94. The third kappa shape index (κ3) is 2.71. The maximum absolute atomic E-state index is 12.4. The summed E-state index contributed by atoms with van der Waals surface area (Å²) in [6.07, 6.45) is -4.41. The van der Waals surface area contributed by atoms with Gasteiger partial charge < -0.3 is 5.32 Å². The fourth-order valence-electron chi connectivity index (χ4n) is 1.23. The van der Waals surface area contributed by atoms with E-state index in [1.807, 2.05) is 0 Å². The molecule has 0 aliphatic rings. The van der Waals surface area contributed by atoms with Crippen LogP contribution in [0.25, 0.3) is 0 Å². The van der Waals surface area contributed by atoms with Gasteiger partial charge in [-0.3, -0.25) is 4.79 Å². The van der Waals surface area contributed by atoms with E-state index in [0.717, 1.165) is 6.07 Å². The molecular weight excluding hydrogens is 207 g/mol. The first kappa shape index (κ1) is 11.6. The van der Waals surface area contributed by atoms with E-state index in [1.54, 1.807) is 0 Å². The Morgan fingerprint density at radius 3 is 2.47 bits per heavy atom. The van der Waals surface area contributed by atoms with Crippen molar-refractivity contribution in [1.82, 2.24) is 0 Å². The minimum Gasteiger partial charge on any atom is -0.326 e. The van der Waals surface area contributed by atoms with Gasteiger partial charge in [-0.2, -0.15) is 13.2 Å². The first-order valence-corrected chi connectivity index (χ1v) is 4.12. The number of amides is 1. The smallest absolute Gasteiger partial charge is 0.326 e. The number of benzene rings is 1. The lowest BCUT2D eigenvalue weighted by molar-refractivity contribution is -0.138. The molecule has 81 valence electrons. The standard InChI is InChI=1S/C10H9F3NO/c1-6-8(10(11,12)13)4-3-5-9(6)14-7(2)15/h3-5H,2H2,1H3,(H,14,15). The Bertz CT molecular complexity index is 385. The topological polar surface area (TPSA) is 29.1 Å². The summed E-state index contributed by atoms with van der Waals surface area (Å²) >= 11 is 0. The summed E-state index contributed by atoms with van der Waals surface area (Å²) in [5.41, 5.74) is -0.638. The van der Waals surface area contributed by atoms with Gasteiger partial charge in [0.15, 0.2) is 0 Å². The molecule has 0 spiro atoms. The fourth-order valence-corrected chi connectivity index (χ4v) is 1.23. The number of anilines is 1. The lowest BCUT2D eigenvalue weighted by Crippen LogP contribution is -2.12. The minimum atomic E-state index is -4.41. The Labute approximate surface area is 85.1 Å². The molecule has 1 rings (SSSR count). The van der Waals surface area contributed by atoms with Gasteiger partial charge in [-0.1, -0.05) is 6.07 Å². The van der Waals surface area contributed by atoms with Crippen molar-refractivity contribution in [3.63, 3.8) is 0 Å². The fraction of sp³-hybridized carbons (Fsp3) is 0.200. The van der Waals surface area contributed by atoms with Crippen molar-refractivity contribution in [2.75, 3.05) is 5.32 Å². The van der Waals surface area contributed by atoms with Crippen molar-refractivity contribution in [3.8, 4) is 0 Å². The van der Waals surface area contributed by atoms with Gasteiger partial charge in [-0.15, -0.1) is 0 Å². The second-order valence-corrected chi connectivity index (χ2v) is 3.02. The van der Waals surface area contributed by atoms with Gasteiger partial charge in [0.25, 0.3) is 0 Å². The highest BCUT2D eigenvalue weighted by Gasteiger charge is 2.32. The van der Waals surface area contributed by atoms with Crippen molar-refractivity contribution in [2.24, 2.45) is 0 Å². The third-order valence-corrected chi connectivity index (χ3v) is 1.91. The average molecular weight is 216 g/mol. The highest BCUT2D eigenvalue weighted by Crippen LogP contribution is 2.34. The van der Waals surface area contributed by atoms with Gasteiger partial charge in [0, 0.05) is 12.6 Å². The lowest BCUT2D eigenvalue weighted by atomic mass is 10.1. The van der Waals surface area contributed by atoms with Crippen molar-refractivity contribution in [3.05, 3.63) is 36.2 Å². The zero-order chi connectivity index (χ0) is 11.6. The molecule has 0 fully saturated rings. The van der Waals surface area contributed by atoms with Crippen molar-refractivity contribution in [2.45, 2.75) is 13.1 Å². The van der Waals surface area contributed by atoms with E-state index < -0.39 is 17.6 Å². The number of rotatable bonds is 1. The van der Waals surface area contributed by atoms with E-state index in [1.165, 1.54) is 19.1 Å². The molecule has 1 N–H and O–H groups in total. The number of alkyl halides is 3. The molecule has 1 radical (unpaired) electrons. The van der Waals surface area contributed by atoms with Crippen LogP contribution in [0.4, 0.5) is 18.9 Å². The predicted octanol–water partition coefficient (Wildman–Crippen LogP) is 2.79. The molecule has 2 nitrogen and oxygen atoms in total. The van der Waals surface area contributed by atoms with E-state index in [2.05, 4.69) is 12.2 Å². The normalized spacial score (nSPS) is 11.3. The first-order chi connectivity index (χ1) is 6.82. The molecule has 1 aromatic carbocycles. The Balaban J connectivity index is 3.17. The monoisotopic (exact) mass is 216 g/mol. The summed E-state index contributed by atoms with van der Waals surface area (Å²) < 4.78 is 37.3. The quantitative estimate of drug-likeness (QED) is 0.768. The molecule has 5 heteroatoms. The van der Waals surface area contributed by atoms with Crippen molar-refractivity contribution < 1.29 is 18.0 Å². The second kappa shape index (κ2) is 3.92. The number of hydrogen-bond acceptors (Lipinski definition) is 1. The summed E-state index contributed by atoms with van der Waals surface area (Å²) in [5, 5.41) is 2.24. The molecule has 0 saturated carbocycles. The Hall–Kier alpha value is -1.52. The van der Waals surface area contributed by atoms with Crippen LogP contribution in [0.1, 0.15) is 11.1 Å². The molecule has 0 unspecified atom stereocenters.